The molecule has 0 spiro atoms. The molecule has 3 nitrogen and oxygen atoms in total. The maximum Gasteiger partial charge on any atom is 0.219 e. The quantitative estimate of drug-likeness (QED) is 0.584. The van der Waals surface area contributed by atoms with Crippen molar-refractivity contribution >= 4 is 5.91 Å². The van der Waals surface area contributed by atoms with Crippen molar-refractivity contribution in [2.24, 2.45) is 0 Å². The Balaban J connectivity index is 3.15. The van der Waals surface area contributed by atoms with E-state index in [9.17, 15) is 4.79 Å². The van der Waals surface area contributed by atoms with E-state index in [0.29, 0.717) is 12.5 Å². The predicted molar refractivity (Wildman–Crippen MR) is 51.1 cm³/mol. The Morgan fingerprint density at radius 1 is 1.50 bits per heavy atom. The minimum absolute atomic E-state index is 0.126. The van der Waals surface area contributed by atoms with Crippen LogP contribution >= 0.6 is 0 Å². The highest BCUT2D eigenvalue weighted by Gasteiger charge is 1.98. The lowest BCUT2D eigenvalue weighted by Crippen LogP contribution is -2.27. The number of nitrogens with one attached hydrogen (secondary N) is 2. The number of rotatable bonds is 6. The average molecular weight is 172 g/mol. The molecule has 3 heteroatoms. The van der Waals surface area contributed by atoms with Gasteiger partial charge >= 0.3 is 0 Å². The molecule has 1 atom stereocenters. The van der Waals surface area contributed by atoms with Crippen LogP contribution < -0.4 is 10.6 Å². The first-order chi connectivity index (χ1) is 5.70. The van der Waals surface area contributed by atoms with Crippen molar-refractivity contribution in [1.29, 1.82) is 0 Å². The molecule has 0 aliphatic rings. The molecule has 0 aromatic carbocycles. The van der Waals surface area contributed by atoms with Gasteiger partial charge in [0.1, 0.15) is 0 Å². The van der Waals surface area contributed by atoms with Crippen molar-refractivity contribution in [2.75, 3.05) is 13.6 Å². The molecule has 0 saturated carbocycles. The van der Waals surface area contributed by atoms with Gasteiger partial charge in [-0.2, -0.15) is 0 Å². The van der Waals surface area contributed by atoms with Crippen LogP contribution in [0.5, 0.6) is 0 Å². The molecular weight excluding hydrogens is 152 g/mol. The Labute approximate surface area is 74.9 Å². The van der Waals surface area contributed by atoms with Crippen LogP contribution in [0.2, 0.25) is 0 Å². The number of hydrogen-bond acceptors (Lipinski definition) is 2. The molecule has 72 valence electrons. The van der Waals surface area contributed by atoms with Gasteiger partial charge in [0.15, 0.2) is 0 Å². The summed E-state index contributed by atoms with van der Waals surface area (Å²) in [5.41, 5.74) is 0. The van der Waals surface area contributed by atoms with Crippen molar-refractivity contribution in [1.82, 2.24) is 10.6 Å². The Bertz CT molecular complexity index is 126. The molecule has 0 heterocycles. The lowest BCUT2D eigenvalue weighted by atomic mass is 10.2. The molecule has 12 heavy (non-hydrogen) atoms. The number of carbonyl (C=O) groups is 1. The molecule has 0 aromatic rings. The van der Waals surface area contributed by atoms with Crippen LogP contribution in [0.1, 0.15) is 33.1 Å². The lowest BCUT2D eigenvalue weighted by molar-refractivity contribution is -0.120. The first-order valence-electron chi connectivity index (χ1n) is 4.64. The van der Waals surface area contributed by atoms with Crippen LogP contribution in [-0.4, -0.2) is 25.5 Å². The van der Waals surface area contributed by atoms with Crippen LogP contribution in [0, 0.1) is 0 Å². The summed E-state index contributed by atoms with van der Waals surface area (Å²) >= 11 is 0. The number of hydrogen-bond donors (Lipinski definition) is 2. The highest BCUT2D eigenvalue weighted by molar-refractivity contribution is 5.75. The van der Waals surface area contributed by atoms with Gasteiger partial charge in [-0.1, -0.05) is 6.92 Å². The van der Waals surface area contributed by atoms with E-state index in [0.717, 1.165) is 19.4 Å². The summed E-state index contributed by atoms with van der Waals surface area (Å²) in [6.45, 7) is 5.23. The fourth-order valence-electron chi connectivity index (χ4n) is 0.867. The third kappa shape index (κ3) is 6.16. The van der Waals surface area contributed by atoms with Gasteiger partial charge in [-0.15, -0.1) is 0 Å². The molecule has 1 amide bonds. The zero-order valence-electron chi connectivity index (χ0n) is 8.31. The van der Waals surface area contributed by atoms with Gasteiger partial charge in [0.25, 0.3) is 0 Å². The van der Waals surface area contributed by atoms with Crippen molar-refractivity contribution < 1.29 is 4.79 Å². The van der Waals surface area contributed by atoms with E-state index in [4.69, 9.17) is 0 Å². The summed E-state index contributed by atoms with van der Waals surface area (Å²) < 4.78 is 0. The minimum Gasteiger partial charge on any atom is -0.359 e. The van der Waals surface area contributed by atoms with E-state index in [2.05, 4.69) is 24.5 Å². The molecule has 0 rings (SSSR count). The highest BCUT2D eigenvalue weighted by Crippen LogP contribution is 1.90. The smallest absolute Gasteiger partial charge is 0.219 e. The molecule has 0 aromatic heterocycles. The van der Waals surface area contributed by atoms with Gasteiger partial charge in [-0.3, -0.25) is 4.79 Å². The SMILES string of the molecule is CCC(C)NCCCC(=O)NC. The second-order valence-corrected chi connectivity index (χ2v) is 3.04. The third-order valence-electron chi connectivity index (χ3n) is 1.96. The molecule has 0 fully saturated rings. The van der Waals surface area contributed by atoms with Crippen molar-refractivity contribution in [3.05, 3.63) is 0 Å². The van der Waals surface area contributed by atoms with E-state index in [1.54, 1.807) is 7.05 Å². The monoisotopic (exact) mass is 172 g/mol. The van der Waals surface area contributed by atoms with Gasteiger partial charge < -0.3 is 10.6 Å². The van der Waals surface area contributed by atoms with Crippen molar-refractivity contribution in [3.8, 4) is 0 Å². The largest absolute Gasteiger partial charge is 0.359 e. The second-order valence-electron chi connectivity index (χ2n) is 3.04. The fraction of sp³-hybridized carbons (Fsp3) is 0.889. The minimum atomic E-state index is 0.126. The molecule has 0 aliphatic carbocycles. The van der Waals surface area contributed by atoms with E-state index < -0.39 is 0 Å². The summed E-state index contributed by atoms with van der Waals surface area (Å²) in [4.78, 5) is 10.8. The molecular formula is C9H20N2O. The first-order valence-corrected chi connectivity index (χ1v) is 4.64. The van der Waals surface area contributed by atoms with Crippen LogP contribution in [-0.2, 0) is 4.79 Å². The first kappa shape index (κ1) is 11.4. The maximum absolute atomic E-state index is 10.8. The molecule has 0 aliphatic heterocycles. The molecule has 1 unspecified atom stereocenters. The maximum atomic E-state index is 10.8. The highest BCUT2D eigenvalue weighted by atomic mass is 16.1. The van der Waals surface area contributed by atoms with Gasteiger partial charge in [0.05, 0.1) is 0 Å². The molecule has 0 saturated heterocycles. The standard InChI is InChI=1S/C9H20N2O/c1-4-8(2)11-7-5-6-9(12)10-3/h8,11H,4-7H2,1-3H3,(H,10,12). The summed E-state index contributed by atoms with van der Waals surface area (Å²) in [5, 5.41) is 5.93. The molecule has 0 bridgehead atoms. The van der Waals surface area contributed by atoms with Crippen molar-refractivity contribution in [3.63, 3.8) is 0 Å². The Hall–Kier alpha value is -0.570. The second kappa shape index (κ2) is 7.10. The van der Waals surface area contributed by atoms with Gasteiger partial charge in [-0.05, 0) is 26.3 Å². The normalized spacial score (nSPS) is 12.6. The van der Waals surface area contributed by atoms with Gasteiger partial charge in [0, 0.05) is 19.5 Å². The van der Waals surface area contributed by atoms with E-state index in [-0.39, 0.29) is 5.91 Å². The third-order valence-corrected chi connectivity index (χ3v) is 1.96. The van der Waals surface area contributed by atoms with Crippen LogP contribution in [0.15, 0.2) is 0 Å². The topological polar surface area (TPSA) is 41.1 Å². The number of amides is 1. The lowest BCUT2D eigenvalue weighted by Gasteiger charge is -2.10. The summed E-state index contributed by atoms with van der Waals surface area (Å²) in [6.07, 6.45) is 2.68. The van der Waals surface area contributed by atoms with E-state index in [1.807, 2.05) is 0 Å². The van der Waals surface area contributed by atoms with Crippen LogP contribution in [0.3, 0.4) is 0 Å². The average Bonchev–Trinajstić information content (AvgIpc) is 2.11. The van der Waals surface area contributed by atoms with E-state index >= 15 is 0 Å². The van der Waals surface area contributed by atoms with E-state index in [1.165, 1.54) is 0 Å². The molecule has 0 radical (unpaired) electrons. The fourth-order valence-corrected chi connectivity index (χ4v) is 0.867. The van der Waals surface area contributed by atoms with Crippen LogP contribution in [0.4, 0.5) is 0 Å². The summed E-state index contributed by atoms with van der Waals surface area (Å²) in [5.74, 6) is 0.126. The van der Waals surface area contributed by atoms with Crippen molar-refractivity contribution in [2.45, 2.75) is 39.2 Å². The Morgan fingerprint density at radius 3 is 2.67 bits per heavy atom. The summed E-state index contributed by atoms with van der Waals surface area (Å²) in [7, 11) is 1.67. The Morgan fingerprint density at radius 2 is 2.17 bits per heavy atom. The summed E-state index contributed by atoms with van der Waals surface area (Å²) in [6, 6.07) is 0.565. The van der Waals surface area contributed by atoms with Gasteiger partial charge in [0.2, 0.25) is 5.91 Å². The zero-order chi connectivity index (χ0) is 9.40. The zero-order valence-corrected chi connectivity index (χ0v) is 8.31. The van der Waals surface area contributed by atoms with Crippen LogP contribution in [0.25, 0.3) is 0 Å². The van der Waals surface area contributed by atoms with Gasteiger partial charge in [-0.25, -0.2) is 0 Å². The molecule has 2 N–H and O–H groups in total. The number of carbonyl (C=O) groups excluding carboxylic acids is 1. The Kier molecular flexibility index (Phi) is 6.76. The predicted octanol–water partition coefficient (Wildman–Crippen LogP) is 0.901.